The van der Waals surface area contributed by atoms with E-state index in [0.29, 0.717) is 27.1 Å². The van der Waals surface area contributed by atoms with Crippen molar-refractivity contribution in [2.24, 2.45) is 0 Å². The van der Waals surface area contributed by atoms with Crippen LogP contribution in [0.2, 0.25) is 10.0 Å². The lowest BCUT2D eigenvalue weighted by atomic mass is 10.2. The number of rotatable bonds is 3. The molecule has 0 aliphatic carbocycles. The van der Waals surface area contributed by atoms with E-state index in [1.165, 1.54) is 29.2 Å². The molecule has 2 aromatic carbocycles. The first-order valence-electron chi connectivity index (χ1n) is 6.16. The van der Waals surface area contributed by atoms with Gasteiger partial charge in [-0.2, -0.15) is 5.10 Å². The van der Waals surface area contributed by atoms with Crippen molar-refractivity contribution >= 4 is 28.9 Å². The van der Waals surface area contributed by atoms with Crippen molar-refractivity contribution in [3.05, 3.63) is 69.0 Å². The fourth-order valence-corrected chi connectivity index (χ4v) is 2.41. The van der Waals surface area contributed by atoms with Gasteiger partial charge >= 0.3 is 0 Å². The standard InChI is InChI=1S/C14H8Cl2N4O2/c15-9-2-1-3-10(6-9)19-14(17-8-18-19)12-7-11(20(21)22)4-5-13(12)16/h1-8H. The van der Waals surface area contributed by atoms with Crippen LogP contribution in [0.25, 0.3) is 17.1 Å². The Morgan fingerprint density at radius 3 is 2.68 bits per heavy atom. The van der Waals surface area contributed by atoms with Crippen molar-refractivity contribution < 1.29 is 4.92 Å². The van der Waals surface area contributed by atoms with Gasteiger partial charge in [-0.05, 0) is 24.3 Å². The Morgan fingerprint density at radius 2 is 1.95 bits per heavy atom. The maximum Gasteiger partial charge on any atom is 0.270 e. The highest BCUT2D eigenvalue weighted by Gasteiger charge is 2.17. The summed E-state index contributed by atoms with van der Waals surface area (Å²) in [5.74, 6) is 0.399. The van der Waals surface area contributed by atoms with Gasteiger partial charge in [-0.25, -0.2) is 9.67 Å². The molecule has 0 spiro atoms. The summed E-state index contributed by atoms with van der Waals surface area (Å²) in [7, 11) is 0. The van der Waals surface area contributed by atoms with Crippen LogP contribution in [0.4, 0.5) is 5.69 Å². The predicted molar refractivity (Wildman–Crippen MR) is 83.5 cm³/mol. The number of nitrogens with zero attached hydrogens (tertiary/aromatic N) is 4. The van der Waals surface area contributed by atoms with E-state index in [1.54, 1.807) is 24.3 Å². The summed E-state index contributed by atoms with van der Waals surface area (Å²) in [5, 5.41) is 16.0. The Labute approximate surface area is 135 Å². The summed E-state index contributed by atoms with van der Waals surface area (Å²) < 4.78 is 1.52. The summed E-state index contributed by atoms with van der Waals surface area (Å²) >= 11 is 12.1. The van der Waals surface area contributed by atoms with Crippen LogP contribution in [0.15, 0.2) is 48.8 Å². The van der Waals surface area contributed by atoms with E-state index >= 15 is 0 Å². The minimum atomic E-state index is -0.486. The van der Waals surface area contributed by atoms with Crippen LogP contribution >= 0.6 is 23.2 Å². The lowest BCUT2D eigenvalue weighted by molar-refractivity contribution is -0.384. The predicted octanol–water partition coefficient (Wildman–Crippen LogP) is 4.15. The van der Waals surface area contributed by atoms with Crippen LogP contribution in [0.5, 0.6) is 0 Å². The quantitative estimate of drug-likeness (QED) is 0.532. The number of hydrogen-bond acceptors (Lipinski definition) is 4. The molecule has 0 aliphatic heterocycles. The zero-order valence-corrected chi connectivity index (χ0v) is 12.5. The zero-order chi connectivity index (χ0) is 15.7. The number of nitro groups is 1. The topological polar surface area (TPSA) is 73.8 Å². The van der Waals surface area contributed by atoms with Crippen LogP contribution in [0.1, 0.15) is 0 Å². The van der Waals surface area contributed by atoms with Crippen molar-refractivity contribution in [2.75, 3.05) is 0 Å². The second-order valence-corrected chi connectivity index (χ2v) is 5.24. The number of benzene rings is 2. The number of hydrogen-bond donors (Lipinski definition) is 0. The molecule has 6 nitrogen and oxygen atoms in total. The molecule has 110 valence electrons. The van der Waals surface area contributed by atoms with Crippen LogP contribution < -0.4 is 0 Å². The molecule has 0 N–H and O–H groups in total. The highest BCUT2D eigenvalue weighted by Crippen LogP contribution is 2.31. The molecule has 0 saturated carbocycles. The van der Waals surface area contributed by atoms with Gasteiger partial charge in [-0.1, -0.05) is 29.3 Å². The first-order valence-corrected chi connectivity index (χ1v) is 6.92. The second kappa shape index (κ2) is 5.75. The average molecular weight is 335 g/mol. The molecule has 22 heavy (non-hydrogen) atoms. The molecular formula is C14H8Cl2N4O2. The van der Waals surface area contributed by atoms with Crippen LogP contribution in [-0.2, 0) is 0 Å². The Balaban J connectivity index is 2.17. The molecule has 0 bridgehead atoms. The summed E-state index contributed by atoms with van der Waals surface area (Å²) in [6.07, 6.45) is 1.35. The number of aromatic nitrogens is 3. The Kier molecular flexibility index (Phi) is 3.79. The number of nitro benzene ring substituents is 1. The molecule has 3 rings (SSSR count). The summed E-state index contributed by atoms with van der Waals surface area (Å²) in [4.78, 5) is 14.6. The molecule has 3 aromatic rings. The molecule has 1 heterocycles. The molecule has 0 saturated heterocycles. The van der Waals surface area contributed by atoms with Crippen LogP contribution in [0, 0.1) is 10.1 Å². The normalized spacial score (nSPS) is 10.6. The largest absolute Gasteiger partial charge is 0.270 e. The van der Waals surface area contributed by atoms with Gasteiger partial charge in [0.2, 0.25) is 0 Å². The molecule has 0 amide bonds. The molecule has 0 radical (unpaired) electrons. The Bertz CT molecular complexity index is 864. The van der Waals surface area contributed by atoms with Crippen molar-refractivity contribution in [2.45, 2.75) is 0 Å². The maximum atomic E-state index is 10.9. The van der Waals surface area contributed by atoms with E-state index in [-0.39, 0.29) is 5.69 Å². The van der Waals surface area contributed by atoms with Gasteiger partial charge in [0, 0.05) is 22.7 Å². The van der Waals surface area contributed by atoms with Crippen molar-refractivity contribution in [1.82, 2.24) is 14.8 Å². The van der Waals surface area contributed by atoms with Gasteiger partial charge in [-0.3, -0.25) is 10.1 Å². The third kappa shape index (κ3) is 2.66. The first kappa shape index (κ1) is 14.5. The van der Waals surface area contributed by atoms with Gasteiger partial charge in [0.1, 0.15) is 6.33 Å². The van der Waals surface area contributed by atoms with Gasteiger partial charge in [0.05, 0.1) is 15.6 Å². The van der Waals surface area contributed by atoms with E-state index in [2.05, 4.69) is 10.1 Å². The highest BCUT2D eigenvalue weighted by atomic mass is 35.5. The van der Waals surface area contributed by atoms with E-state index in [0.717, 1.165) is 0 Å². The minimum absolute atomic E-state index is 0.0694. The van der Waals surface area contributed by atoms with Crippen LogP contribution in [0.3, 0.4) is 0 Å². The molecule has 0 aliphatic rings. The molecule has 0 unspecified atom stereocenters. The third-order valence-corrected chi connectivity index (χ3v) is 3.57. The van der Waals surface area contributed by atoms with Crippen LogP contribution in [-0.4, -0.2) is 19.7 Å². The Hall–Kier alpha value is -2.44. The summed E-state index contributed by atoms with van der Waals surface area (Å²) in [6, 6.07) is 11.2. The maximum absolute atomic E-state index is 10.9. The molecule has 1 aromatic heterocycles. The monoisotopic (exact) mass is 334 g/mol. The van der Waals surface area contributed by atoms with Gasteiger partial charge in [0.25, 0.3) is 5.69 Å². The summed E-state index contributed by atoms with van der Waals surface area (Å²) in [6.45, 7) is 0. The number of non-ortho nitro benzene ring substituents is 1. The Morgan fingerprint density at radius 1 is 1.14 bits per heavy atom. The van der Waals surface area contributed by atoms with E-state index < -0.39 is 4.92 Å². The lowest BCUT2D eigenvalue weighted by Crippen LogP contribution is -2.00. The molecule has 8 heteroatoms. The van der Waals surface area contributed by atoms with Gasteiger partial charge < -0.3 is 0 Å². The third-order valence-electron chi connectivity index (χ3n) is 3.00. The lowest BCUT2D eigenvalue weighted by Gasteiger charge is -2.07. The van der Waals surface area contributed by atoms with E-state index in [1.807, 2.05) is 0 Å². The van der Waals surface area contributed by atoms with E-state index in [4.69, 9.17) is 23.2 Å². The SMILES string of the molecule is O=[N+]([O-])c1ccc(Cl)c(-c2ncnn2-c2cccc(Cl)c2)c1. The number of halogens is 2. The van der Waals surface area contributed by atoms with Gasteiger partial charge in [-0.15, -0.1) is 0 Å². The van der Waals surface area contributed by atoms with Crippen molar-refractivity contribution in [1.29, 1.82) is 0 Å². The second-order valence-electron chi connectivity index (χ2n) is 4.40. The van der Waals surface area contributed by atoms with Crippen molar-refractivity contribution in [3.63, 3.8) is 0 Å². The van der Waals surface area contributed by atoms with E-state index in [9.17, 15) is 10.1 Å². The van der Waals surface area contributed by atoms with Crippen molar-refractivity contribution in [3.8, 4) is 17.1 Å². The molecular weight excluding hydrogens is 327 g/mol. The highest BCUT2D eigenvalue weighted by molar-refractivity contribution is 6.33. The minimum Gasteiger partial charge on any atom is -0.258 e. The summed E-state index contributed by atoms with van der Waals surface area (Å²) in [5.41, 5.74) is 1.04. The fraction of sp³-hybridized carbons (Fsp3) is 0. The molecule has 0 fully saturated rings. The van der Waals surface area contributed by atoms with Gasteiger partial charge in [0.15, 0.2) is 5.82 Å². The first-order chi connectivity index (χ1) is 10.6. The fourth-order valence-electron chi connectivity index (χ4n) is 2.02. The molecule has 0 atom stereocenters. The smallest absolute Gasteiger partial charge is 0.258 e. The average Bonchev–Trinajstić information content (AvgIpc) is 2.96. The zero-order valence-electron chi connectivity index (χ0n) is 11.0.